The van der Waals surface area contributed by atoms with E-state index < -0.39 is 0 Å². The average Bonchev–Trinajstić information content (AvgIpc) is 2.87. The fraction of sp³-hybridized carbons (Fsp3) is 0.455. The summed E-state index contributed by atoms with van der Waals surface area (Å²) in [6, 6.07) is 10.5. The molecular formula is C22H30N4O. The first-order valence-corrected chi connectivity index (χ1v) is 9.58. The number of fused-ring (bicyclic) bond motifs is 1. The fourth-order valence-electron chi connectivity index (χ4n) is 3.62. The van der Waals surface area contributed by atoms with Crippen molar-refractivity contribution in [3.05, 3.63) is 58.9 Å². The van der Waals surface area contributed by atoms with Crippen LogP contribution in [0.25, 0.3) is 0 Å². The highest BCUT2D eigenvalue weighted by atomic mass is 16.2. The van der Waals surface area contributed by atoms with E-state index in [-0.39, 0.29) is 17.4 Å². The second kappa shape index (κ2) is 7.79. The molecule has 1 atom stereocenters. The van der Waals surface area contributed by atoms with Crippen molar-refractivity contribution in [1.29, 1.82) is 0 Å². The molecular weight excluding hydrogens is 336 g/mol. The lowest BCUT2D eigenvalue weighted by atomic mass is 9.88. The molecule has 0 bridgehead atoms. The highest BCUT2D eigenvalue weighted by molar-refractivity contribution is 5.97. The van der Waals surface area contributed by atoms with Gasteiger partial charge in [-0.25, -0.2) is 0 Å². The Labute approximate surface area is 162 Å². The van der Waals surface area contributed by atoms with E-state index in [0.717, 1.165) is 23.4 Å². The number of aromatic nitrogens is 1. The minimum atomic E-state index is -0.0969. The Morgan fingerprint density at radius 3 is 2.81 bits per heavy atom. The van der Waals surface area contributed by atoms with Crippen molar-refractivity contribution >= 4 is 11.6 Å². The van der Waals surface area contributed by atoms with Crippen molar-refractivity contribution in [1.82, 2.24) is 10.3 Å². The number of benzene rings is 1. The first-order valence-electron chi connectivity index (χ1n) is 9.58. The van der Waals surface area contributed by atoms with Crippen LogP contribution in [-0.4, -0.2) is 36.6 Å². The minimum absolute atomic E-state index is 0.0324. The first kappa shape index (κ1) is 19.5. The van der Waals surface area contributed by atoms with Gasteiger partial charge in [0, 0.05) is 48.4 Å². The zero-order chi connectivity index (χ0) is 19.6. The molecule has 5 heteroatoms. The standard InChI is InChI=1S/C22H30N4O/c1-15-7-5-6-8-17(15)9-18-10-20-19(12-25-18)22(3,4)14-26(20)21(27)13-24-11-16(2)23/h5-8,10,12,16,24H,9,11,13-14,23H2,1-4H3/t16-/m1/s1. The van der Waals surface area contributed by atoms with E-state index in [1.165, 1.54) is 11.1 Å². The lowest BCUT2D eigenvalue weighted by molar-refractivity contribution is -0.117. The van der Waals surface area contributed by atoms with E-state index in [1.807, 2.05) is 24.1 Å². The number of carbonyl (C=O) groups excluding carboxylic acids is 1. The first-order chi connectivity index (χ1) is 12.8. The van der Waals surface area contributed by atoms with E-state index in [2.05, 4.69) is 50.4 Å². The minimum Gasteiger partial charge on any atom is -0.327 e. The maximum Gasteiger partial charge on any atom is 0.240 e. The Bertz CT molecular complexity index is 829. The molecule has 0 fully saturated rings. The molecule has 0 spiro atoms. The summed E-state index contributed by atoms with van der Waals surface area (Å²) in [5.74, 6) is 0.0792. The number of aryl methyl sites for hydroxylation is 1. The van der Waals surface area contributed by atoms with Crippen LogP contribution in [0, 0.1) is 6.92 Å². The highest BCUT2D eigenvalue weighted by Gasteiger charge is 2.38. The van der Waals surface area contributed by atoms with E-state index in [4.69, 9.17) is 10.7 Å². The van der Waals surface area contributed by atoms with Crippen LogP contribution in [0.2, 0.25) is 0 Å². The summed E-state index contributed by atoms with van der Waals surface area (Å²) in [5, 5.41) is 3.15. The summed E-state index contributed by atoms with van der Waals surface area (Å²) in [6.45, 7) is 9.98. The van der Waals surface area contributed by atoms with Gasteiger partial charge in [0.25, 0.3) is 0 Å². The number of hydrogen-bond donors (Lipinski definition) is 2. The van der Waals surface area contributed by atoms with Crippen LogP contribution in [0.1, 0.15) is 43.2 Å². The van der Waals surface area contributed by atoms with Crippen molar-refractivity contribution in [2.45, 2.75) is 45.6 Å². The number of nitrogens with two attached hydrogens (primary N) is 1. The molecule has 144 valence electrons. The predicted octanol–water partition coefficient (Wildman–Crippen LogP) is 2.54. The quantitative estimate of drug-likeness (QED) is 0.824. The summed E-state index contributed by atoms with van der Waals surface area (Å²) >= 11 is 0. The molecule has 0 saturated carbocycles. The Kier molecular flexibility index (Phi) is 5.63. The van der Waals surface area contributed by atoms with E-state index in [9.17, 15) is 4.79 Å². The molecule has 1 aliphatic rings. The Morgan fingerprint density at radius 1 is 1.37 bits per heavy atom. The number of anilines is 1. The Morgan fingerprint density at radius 2 is 2.11 bits per heavy atom. The van der Waals surface area contributed by atoms with Gasteiger partial charge in [-0.3, -0.25) is 9.78 Å². The largest absolute Gasteiger partial charge is 0.327 e. The van der Waals surface area contributed by atoms with Crippen LogP contribution in [0.15, 0.2) is 36.5 Å². The van der Waals surface area contributed by atoms with Gasteiger partial charge in [-0.15, -0.1) is 0 Å². The molecule has 0 saturated heterocycles. The summed E-state index contributed by atoms with van der Waals surface area (Å²) < 4.78 is 0. The molecule has 0 radical (unpaired) electrons. The van der Waals surface area contributed by atoms with Crippen molar-refractivity contribution in [2.75, 3.05) is 24.5 Å². The monoisotopic (exact) mass is 366 g/mol. The number of hydrogen-bond acceptors (Lipinski definition) is 4. The average molecular weight is 367 g/mol. The maximum atomic E-state index is 12.8. The SMILES string of the molecule is Cc1ccccc1Cc1cc2c(cn1)C(C)(C)CN2C(=O)CNC[C@@H](C)N. The number of rotatable bonds is 6. The van der Waals surface area contributed by atoms with Crippen molar-refractivity contribution in [3.8, 4) is 0 Å². The van der Waals surface area contributed by atoms with Gasteiger partial charge < -0.3 is 16.0 Å². The van der Waals surface area contributed by atoms with Crippen LogP contribution < -0.4 is 16.0 Å². The number of amides is 1. The molecule has 0 aliphatic carbocycles. The van der Waals surface area contributed by atoms with Crippen LogP contribution in [-0.2, 0) is 16.6 Å². The van der Waals surface area contributed by atoms with Crippen molar-refractivity contribution < 1.29 is 4.79 Å². The van der Waals surface area contributed by atoms with Gasteiger partial charge in [-0.1, -0.05) is 38.1 Å². The van der Waals surface area contributed by atoms with Gasteiger partial charge in [0.1, 0.15) is 0 Å². The molecule has 1 amide bonds. The molecule has 5 nitrogen and oxygen atoms in total. The number of nitrogens with zero attached hydrogens (tertiary/aromatic N) is 2. The summed E-state index contributed by atoms with van der Waals surface area (Å²) in [7, 11) is 0. The lowest BCUT2D eigenvalue weighted by Crippen LogP contribution is -2.42. The zero-order valence-corrected chi connectivity index (χ0v) is 16.7. The van der Waals surface area contributed by atoms with Crippen LogP contribution >= 0.6 is 0 Å². The molecule has 0 unspecified atom stereocenters. The number of carbonyl (C=O) groups is 1. The van der Waals surface area contributed by atoms with E-state index >= 15 is 0 Å². The van der Waals surface area contributed by atoms with Gasteiger partial charge in [0.15, 0.2) is 0 Å². The molecule has 2 heterocycles. The smallest absolute Gasteiger partial charge is 0.240 e. The van der Waals surface area contributed by atoms with Gasteiger partial charge >= 0.3 is 0 Å². The summed E-state index contributed by atoms with van der Waals surface area (Å²) in [4.78, 5) is 19.4. The highest BCUT2D eigenvalue weighted by Crippen LogP contribution is 2.40. The van der Waals surface area contributed by atoms with Gasteiger partial charge in [-0.2, -0.15) is 0 Å². The second-order valence-electron chi connectivity index (χ2n) is 8.27. The normalized spacial score (nSPS) is 16.3. The van der Waals surface area contributed by atoms with Crippen molar-refractivity contribution in [3.63, 3.8) is 0 Å². The molecule has 3 N–H and O–H groups in total. The fourth-order valence-corrected chi connectivity index (χ4v) is 3.62. The predicted molar refractivity (Wildman–Crippen MR) is 110 cm³/mol. The third kappa shape index (κ3) is 4.37. The van der Waals surface area contributed by atoms with Gasteiger partial charge in [0.2, 0.25) is 5.91 Å². The topological polar surface area (TPSA) is 71.2 Å². The molecule has 27 heavy (non-hydrogen) atoms. The molecule has 1 aromatic carbocycles. The number of pyridine rings is 1. The molecule has 1 aliphatic heterocycles. The molecule has 1 aromatic heterocycles. The lowest BCUT2D eigenvalue weighted by Gasteiger charge is -2.21. The van der Waals surface area contributed by atoms with E-state index in [0.29, 0.717) is 19.6 Å². The third-order valence-corrected chi connectivity index (χ3v) is 5.19. The third-order valence-electron chi connectivity index (χ3n) is 5.19. The van der Waals surface area contributed by atoms with E-state index in [1.54, 1.807) is 0 Å². The van der Waals surface area contributed by atoms with Crippen LogP contribution in [0.3, 0.4) is 0 Å². The second-order valence-corrected chi connectivity index (χ2v) is 8.27. The zero-order valence-electron chi connectivity index (χ0n) is 16.7. The maximum absolute atomic E-state index is 12.8. The Hall–Kier alpha value is -2.24. The summed E-state index contributed by atoms with van der Waals surface area (Å²) in [6.07, 6.45) is 2.72. The Balaban J connectivity index is 1.83. The van der Waals surface area contributed by atoms with Crippen LogP contribution in [0.4, 0.5) is 5.69 Å². The molecule has 3 rings (SSSR count). The summed E-state index contributed by atoms with van der Waals surface area (Å²) in [5.41, 5.74) is 11.3. The van der Waals surface area contributed by atoms with Gasteiger partial charge in [0.05, 0.1) is 12.2 Å². The number of nitrogens with one attached hydrogen (secondary N) is 1. The molecule has 2 aromatic rings. The van der Waals surface area contributed by atoms with Crippen LogP contribution in [0.5, 0.6) is 0 Å². The van der Waals surface area contributed by atoms with Crippen molar-refractivity contribution in [2.24, 2.45) is 5.73 Å². The van der Waals surface area contributed by atoms with Gasteiger partial charge in [-0.05, 0) is 31.0 Å².